The third-order valence-corrected chi connectivity index (χ3v) is 2.99. The highest BCUT2D eigenvalue weighted by molar-refractivity contribution is 5.36. The third kappa shape index (κ3) is 3.73. The Balaban J connectivity index is 2.94. The molecule has 0 radical (unpaired) electrons. The Kier molecular flexibility index (Phi) is 5.15. The van der Waals surface area contributed by atoms with Gasteiger partial charge in [-0.3, -0.25) is 0 Å². The highest BCUT2D eigenvalue weighted by Crippen LogP contribution is 2.23. The van der Waals surface area contributed by atoms with Crippen molar-refractivity contribution in [1.29, 1.82) is 0 Å². The van der Waals surface area contributed by atoms with Crippen molar-refractivity contribution in [3.63, 3.8) is 0 Å². The summed E-state index contributed by atoms with van der Waals surface area (Å²) in [7, 11) is 3.12. The summed E-state index contributed by atoms with van der Waals surface area (Å²) in [5, 5.41) is 3.29. The van der Waals surface area contributed by atoms with Gasteiger partial charge in [-0.15, -0.1) is 0 Å². The van der Waals surface area contributed by atoms with Gasteiger partial charge in [0.2, 0.25) is 17.7 Å². The monoisotopic (exact) mass is 254 g/mol. The quantitative estimate of drug-likeness (QED) is 0.766. The minimum atomic E-state index is -0.133. The first-order valence-corrected chi connectivity index (χ1v) is 6.02. The van der Waals surface area contributed by atoms with Crippen LogP contribution in [0, 0.1) is 0 Å². The molecule has 0 aliphatic carbocycles. The van der Waals surface area contributed by atoms with Crippen LogP contribution < -0.4 is 20.5 Å². The topological polar surface area (TPSA) is 82.3 Å². The lowest BCUT2D eigenvalue weighted by Crippen LogP contribution is -2.37. The van der Waals surface area contributed by atoms with E-state index in [1.54, 1.807) is 20.3 Å². The van der Waals surface area contributed by atoms with Crippen molar-refractivity contribution >= 4 is 5.95 Å². The first-order valence-electron chi connectivity index (χ1n) is 6.02. The lowest BCUT2D eigenvalue weighted by Gasteiger charge is -2.29. The molecule has 1 rings (SSSR count). The van der Waals surface area contributed by atoms with E-state index in [2.05, 4.69) is 29.1 Å². The Labute approximate surface area is 108 Å². The second kappa shape index (κ2) is 6.39. The van der Waals surface area contributed by atoms with E-state index in [9.17, 15) is 0 Å². The Morgan fingerprint density at radius 1 is 1.28 bits per heavy atom. The highest BCUT2D eigenvalue weighted by Gasteiger charge is 2.22. The molecule has 1 heterocycles. The number of nitrogens with two attached hydrogens (primary N) is 1. The number of methoxy groups -OCH3 is 2. The molecule has 6 heteroatoms. The van der Waals surface area contributed by atoms with Crippen molar-refractivity contribution in [1.82, 2.24) is 9.97 Å². The predicted octanol–water partition coefficient (Wildman–Crippen LogP) is 1.42. The van der Waals surface area contributed by atoms with Crippen LogP contribution in [-0.2, 0) is 0 Å². The fraction of sp³-hybridized carbons (Fsp3) is 0.667. The van der Waals surface area contributed by atoms with E-state index in [0.29, 0.717) is 24.3 Å². The standard InChI is InChI=1S/C12H22N4O2/c1-5-12(2,6-7-13)16-11-14-9(17-3)8-10(15-11)18-4/h8H,5-7,13H2,1-4H3,(H,14,15,16). The number of anilines is 1. The van der Waals surface area contributed by atoms with Crippen LogP contribution in [0.2, 0.25) is 0 Å². The molecule has 0 aromatic carbocycles. The zero-order valence-electron chi connectivity index (χ0n) is 11.5. The first kappa shape index (κ1) is 14.5. The summed E-state index contributed by atoms with van der Waals surface area (Å²) >= 11 is 0. The van der Waals surface area contributed by atoms with Crippen LogP contribution in [0.15, 0.2) is 6.07 Å². The molecule has 0 spiro atoms. The molecule has 1 unspecified atom stereocenters. The van der Waals surface area contributed by atoms with Gasteiger partial charge in [-0.25, -0.2) is 0 Å². The number of nitrogens with zero attached hydrogens (tertiary/aromatic N) is 2. The molecular weight excluding hydrogens is 232 g/mol. The van der Waals surface area contributed by atoms with Crippen molar-refractivity contribution in [3.05, 3.63) is 6.07 Å². The average molecular weight is 254 g/mol. The third-order valence-electron chi connectivity index (χ3n) is 2.99. The molecule has 0 saturated carbocycles. The lowest BCUT2D eigenvalue weighted by atomic mass is 9.95. The molecule has 6 nitrogen and oxygen atoms in total. The summed E-state index contributed by atoms with van der Waals surface area (Å²) in [4.78, 5) is 8.50. The first-order chi connectivity index (χ1) is 8.56. The smallest absolute Gasteiger partial charge is 0.229 e. The minimum absolute atomic E-state index is 0.133. The van der Waals surface area contributed by atoms with Gasteiger partial charge in [-0.1, -0.05) is 6.92 Å². The summed E-state index contributed by atoms with van der Waals surface area (Å²) < 4.78 is 10.2. The number of nitrogens with one attached hydrogen (secondary N) is 1. The van der Waals surface area contributed by atoms with E-state index in [4.69, 9.17) is 15.2 Å². The van der Waals surface area contributed by atoms with Crippen molar-refractivity contribution in [2.45, 2.75) is 32.2 Å². The van der Waals surface area contributed by atoms with Crippen molar-refractivity contribution in [2.75, 3.05) is 26.1 Å². The zero-order chi connectivity index (χ0) is 13.6. The largest absolute Gasteiger partial charge is 0.481 e. The SMILES string of the molecule is CCC(C)(CCN)Nc1nc(OC)cc(OC)n1. The fourth-order valence-electron chi connectivity index (χ4n) is 1.59. The van der Waals surface area contributed by atoms with Gasteiger partial charge in [0.1, 0.15) is 0 Å². The van der Waals surface area contributed by atoms with Crippen LogP contribution in [0.3, 0.4) is 0 Å². The molecule has 0 saturated heterocycles. The highest BCUT2D eigenvalue weighted by atomic mass is 16.5. The van der Waals surface area contributed by atoms with Crippen LogP contribution in [0.4, 0.5) is 5.95 Å². The molecule has 0 aliphatic rings. The van der Waals surface area contributed by atoms with Gasteiger partial charge in [0.25, 0.3) is 0 Å². The number of hydrogen-bond donors (Lipinski definition) is 2. The molecule has 1 atom stereocenters. The van der Waals surface area contributed by atoms with Crippen LogP contribution in [0.1, 0.15) is 26.7 Å². The maximum absolute atomic E-state index is 5.63. The Bertz CT molecular complexity index is 364. The number of hydrogen-bond acceptors (Lipinski definition) is 6. The van der Waals surface area contributed by atoms with Crippen molar-refractivity contribution in [2.24, 2.45) is 5.73 Å². The second-order valence-electron chi connectivity index (χ2n) is 4.35. The summed E-state index contributed by atoms with van der Waals surface area (Å²) in [6.45, 7) is 4.80. The van der Waals surface area contributed by atoms with Gasteiger partial charge in [0, 0.05) is 5.54 Å². The Morgan fingerprint density at radius 3 is 2.22 bits per heavy atom. The van der Waals surface area contributed by atoms with Gasteiger partial charge in [0.15, 0.2) is 0 Å². The van der Waals surface area contributed by atoms with Crippen LogP contribution in [-0.4, -0.2) is 36.3 Å². The van der Waals surface area contributed by atoms with Gasteiger partial charge in [-0.2, -0.15) is 9.97 Å². The van der Waals surface area contributed by atoms with E-state index in [1.165, 1.54) is 0 Å². The number of rotatable bonds is 7. The number of ether oxygens (including phenoxy) is 2. The van der Waals surface area contributed by atoms with E-state index in [-0.39, 0.29) is 5.54 Å². The van der Waals surface area contributed by atoms with Crippen LogP contribution >= 0.6 is 0 Å². The molecule has 18 heavy (non-hydrogen) atoms. The minimum Gasteiger partial charge on any atom is -0.481 e. The Morgan fingerprint density at radius 2 is 1.83 bits per heavy atom. The maximum Gasteiger partial charge on any atom is 0.229 e. The van der Waals surface area contributed by atoms with Gasteiger partial charge in [-0.05, 0) is 26.3 Å². The predicted molar refractivity (Wildman–Crippen MR) is 71.1 cm³/mol. The molecule has 3 N–H and O–H groups in total. The average Bonchev–Trinajstić information content (AvgIpc) is 2.38. The van der Waals surface area contributed by atoms with E-state index in [0.717, 1.165) is 12.8 Å². The van der Waals surface area contributed by atoms with Crippen LogP contribution in [0.25, 0.3) is 0 Å². The second-order valence-corrected chi connectivity index (χ2v) is 4.35. The van der Waals surface area contributed by atoms with E-state index in [1.807, 2.05) is 0 Å². The summed E-state index contributed by atoms with van der Waals surface area (Å²) in [5.74, 6) is 1.43. The summed E-state index contributed by atoms with van der Waals surface area (Å²) in [5.41, 5.74) is 5.49. The maximum atomic E-state index is 5.63. The fourth-order valence-corrected chi connectivity index (χ4v) is 1.59. The molecule has 102 valence electrons. The molecule has 1 aromatic rings. The van der Waals surface area contributed by atoms with E-state index < -0.39 is 0 Å². The molecule has 0 amide bonds. The summed E-state index contributed by atoms with van der Waals surface area (Å²) in [6.07, 6.45) is 1.76. The van der Waals surface area contributed by atoms with Crippen molar-refractivity contribution in [3.8, 4) is 11.8 Å². The Hall–Kier alpha value is -1.56. The van der Waals surface area contributed by atoms with E-state index >= 15 is 0 Å². The molecule has 1 aromatic heterocycles. The zero-order valence-corrected chi connectivity index (χ0v) is 11.5. The normalized spacial score (nSPS) is 13.8. The summed E-state index contributed by atoms with van der Waals surface area (Å²) in [6, 6.07) is 1.64. The van der Waals surface area contributed by atoms with Gasteiger partial charge < -0.3 is 20.5 Å². The van der Waals surface area contributed by atoms with Gasteiger partial charge in [0.05, 0.1) is 20.3 Å². The number of aromatic nitrogens is 2. The molecule has 0 aliphatic heterocycles. The van der Waals surface area contributed by atoms with Gasteiger partial charge >= 0.3 is 0 Å². The molecule has 0 fully saturated rings. The lowest BCUT2D eigenvalue weighted by molar-refractivity contribution is 0.370. The molecular formula is C12H22N4O2. The van der Waals surface area contributed by atoms with Crippen molar-refractivity contribution < 1.29 is 9.47 Å². The molecule has 0 bridgehead atoms. The van der Waals surface area contributed by atoms with Crippen LogP contribution in [0.5, 0.6) is 11.8 Å².